The lowest BCUT2D eigenvalue weighted by atomic mass is 10.1. The van der Waals surface area contributed by atoms with Gasteiger partial charge < -0.3 is 9.73 Å². The number of nitrogens with one attached hydrogen (secondary N) is 1. The Kier molecular flexibility index (Phi) is 4.32. The molecule has 1 N–H and O–H groups in total. The van der Waals surface area contributed by atoms with Crippen molar-refractivity contribution in [3.8, 4) is 0 Å². The van der Waals surface area contributed by atoms with Crippen molar-refractivity contribution in [2.45, 2.75) is 43.9 Å². The van der Waals surface area contributed by atoms with Crippen LogP contribution >= 0.6 is 0 Å². The first-order chi connectivity index (χ1) is 8.89. The molecule has 0 aromatic carbocycles. The van der Waals surface area contributed by atoms with Gasteiger partial charge in [0.1, 0.15) is 5.76 Å². The predicted octanol–water partition coefficient (Wildman–Crippen LogP) is 1.81. The van der Waals surface area contributed by atoms with Gasteiger partial charge in [0.25, 0.3) is 10.0 Å². The van der Waals surface area contributed by atoms with Crippen molar-refractivity contribution >= 4 is 10.0 Å². The molecule has 108 valence electrons. The van der Waals surface area contributed by atoms with E-state index in [-0.39, 0.29) is 5.09 Å². The summed E-state index contributed by atoms with van der Waals surface area (Å²) in [5, 5.41) is 3.37. The Morgan fingerprint density at radius 1 is 1.42 bits per heavy atom. The lowest BCUT2D eigenvalue weighted by Crippen LogP contribution is -2.25. The van der Waals surface area contributed by atoms with Crippen LogP contribution in [-0.2, 0) is 16.6 Å². The first kappa shape index (κ1) is 14.6. The molecule has 2 rings (SSSR count). The summed E-state index contributed by atoms with van der Waals surface area (Å²) in [6.45, 7) is 2.72. The van der Waals surface area contributed by atoms with Gasteiger partial charge in [-0.1, -0.05) is 12.8 Å². The molecule has 1 aliphatic rings. The minimum absolute atomic E-state index is 0.00384. The molecule has 1 aromatic heterocycles. The van der Waals surface area contributed by atoms with Gasteiger partial charge in [0.2, 0.25) is 5.09 Å². The molecule has 1 aliphatic carbocycles. The average Bonchev–Trinajstić information content (AvgIpc) is 3.01. The van der Waals surface area contributed by atoms with Crippen LogP contribution in [0.1, 0.15) is 31.9 Å². The van der Waals surface area contributed by atoms with Gasteiger partial charge >= 0.3 is 0 Å². The molecule has 19 heavy (non-hydrogen) atoms. The highest BCUT2D eigenvalue weighted by Gasteiger charge is 2.24. The quantitative estimate of drug-likeness (QED) is 0.830. The van der Waals surface area contributed by atoms with E-state index in [9.17, 15) is 8.42 Å². The third-order valence-corrected chi connectivity index (χ3v) is 5.07. The predicted molar refractivity (Wildman–Crippen MR) is 73.2 cm³/mol. The highest BCUT2D eigenvalue weighted by Crippen LogP contribution is 2.33. The molecule has 0 radical (unpaired) electrons. The van der Waals surface area contributed by atoms with Crippen LogP contribution in [0.15, 0.2) is 21.6 Å². The summed E-state index contributed by atoms with van der Waals surface area (Å²) in [6, 6.07) is 3.66. The van der Waals surface area contributed by atoms with Crippen LogP contribution in [0.25, 0.3) is 0 Å². The normalized spacial score (nSPS) is 17.9. The maximum absolute atomic E-state index is 11.8. The topological polar surface area (TPSA) is 62.6 Å². The van der Waals surface area contributed by atoms with E-state index in [1.54, 1.807) is 6.07 Å². The molecule has 1 saturated carbocycles. The molecule has 1 fully saturated rings. The van der Waals surface area contributed by atoms with E-state index < -0.39 is 10.0 Å². The van der Waals surface area contributed by atoms with Gasteiger partial charge in [0.15, 0.2) is 0 Å². The largest absolute Gasteiger partial charge is 0.447 e. The van der Waals surface area contributed by atoms with Gasteiger partial charge in [-0.15, -0.1) is 0 Å². The summed E-state index contributed by atoms with van der Waals surface area (Å²) in [5.74, 6) is 1.53. The van der Waals surface area contributed by atoms with Gasteiger partial charge in [0.05, 0.1) is 6.54 Å². The fourth-order valence-corrected chi connectivity index (χ4v) is 2.80. The Labute approximate surface area is 115 Å². The number of hydrogen-bond donors (Lipinski definition) is 1. The van der Waals surface area contributed by atoms with E-state index in [1.807, 2.05) is 0 Å². The van der Waals surface area contributed by atoms with Gasteiger partial charge in [0, 0.05) is 20.1 Å². The molecule has 6 heteroatoms. The van der Waals surface area contributed by atoms with E-state index in [0.717, 1.165) is 10.2 Å². The summed E-state index contributed by atoms with van der Waals surface area (Å²) < 4.78 is 30.2. The van der Waals surface area contributed by atoms with Crippen molar-refractivity contribution in [1.82, 2.24) is 9.62 Å². The summed E-state index contributed by atoms with van der Waals surface area (Å²) in [6.07, 6.45) is 3.87. The number of hydrogen-bond acceptors (Lipinski definition) is 4. The lowest BCUT2D eigenvalue weighted by molar-refractivity contribution is 0.375. The molecule has 0 amide bonds. The lowest BCUT2D eigenvalue weighted by Gasteiger charge is -2.12. The Bertz CT molecular complexity index is 518. The Balaban J connectivity index is 1.90. The second kappa shape index (κ2) is 5.64. The zero-order chi connectivity index (χ0) is 14.0. The summed E-state index contributed by atoms with van der Waals surface area (Å²) >= 11 is 0. The molecule has 1 heterocycles. The van der Waals surface area contributed by atoms with Crippen molar-refractivity contribution in [3.05, 3.63) is 17.9 Å². The standard InChI is InChI=1S/C13H22N2O3S/c1-10(8-11-4-5-11)14-9-12-6-7-13(18-12)19(16,17)15(2)3/h6-7,10-11,14H,4-5,8-9H2,1-3H3. The smallest absolute Gasteiger partial charge is 0.275 e. The highest BCUT2D eigenvalue weighted by molar-refractivity contribution is 7.88. The van der Waals surface area contributed by atoms with Crippen LogP contribution in [0.2, 0.25) is 0 Å². The van der Waals surface area contributed by atoms with Crippen LogP contribution in [0.5, 0.6) is 0 Å². The second-order valence-electron chi connectivity index (χ2n) is 5.47. The summed E-state index contributed by atoms with van der Waals surface area (Å²) in [4.78, 5) is 0. The van der Waals surface area contributed by atoms with Crippen molar-refractivity contribution < 1.29 is 12.8 Å². The fraction of sp³-hybridized carbons (Fsp3) is 0.692. The highest BCUT2D eigenvalue weighted by atomic mass is 32.2. The molecule has 5 nitrogen and oxygen atoms in total. The third-order valence-electron chi connectivity index (χ3n) is 3.38. The Morgan fingerprint density at radius 2 is 2.11 bits per heavy atom. The minimum Gasteiger partial charge on any atom is -0.447 e. The van der Waals surface area contributed by atoms with Gasteiger partial charge in [-0.25, -0.2) is 12.7 Å². The van der Waals surface area contributed by atoms with Crippen LogP contribution in [-0.4, -0.2) is 32.9 Å². The number of rotatable bonds is 7. The first-order valence-corrected chi connectivity index (χ1v) is 8.08. The molecule has 1 atom stereocenters. The molecular formula is C13H22N2O3S. The molecular weight excluding hydrogens is 264 g/mol. The SMILES string of the molecule is CC(CC1CC1)NCc1ccc(S(=O)(=O)N(C)C)o1. The maximum atomic E-state index is 11.8. The third kappa shape index (κ3) is 3.81. The zero-order valence-electron chi connectivity index (χ0n) is 11.7. The molecule has 0 aliphatic heterocycles. The van der Waals surface area contributed by atoms with Crippen LogP contribution in [0.3, 0.4) is 0 Å². The molecule has 0 bridgehead atoms. The Hall–Kier alpha value is -0.850. The van der Waals surface area contributed by atoms with E-state index in [4.69, 9.17) is 4.42 Å². The van der Waals surface area contributed by atoms with E-state index >= 15 is 0 Å². The van der Waals surface area contributed by atoms with Crippen molar-refractivity contribution in [2.75, 3.05) is 14.1 Å². The second-order valence-corrected chi connectivity index (χ2v) is 7.55. The zero-order valence-corrected chi connectivity index (χ0v) is 12.5. The van der Waals surface area contributed by atoms with Crippen LogP contribution in [0, 0.1) is 5.92 Å². The van der Waals surface area contributed by atoms with Crippen LogP contribution in [0.4, 0.5) is 0 Å². The number of furan rings is 1. The van der Waals surface area contributed by atoms with E-state index in [2.05, 4.69) is 12.2 Å². The van der Waals surface area contributed by atoms with Gasteiger partial charge in [-0.05, 0) is 31.4 Å². The Morgan fingerprint density at radius 3 is 2.68 bits per heavy atom. The monoisotopic (exact) mass is 286 g/mol. The molecule has 1 unspecified atom stereocenters. The molecule has 1 aromatic rings. The molecule has 0 spiro atoms. The minimum atomic E-state index is -3.46. The van der Waals surface area contributed by atoms with Crippen molar-refractivity contribution in [2.24, 2.45) is 5.92 Å². The van der Waals surface area contributed by atoms with Crippen LogP contribution < -0.4 is 5.32 Å². The fourth-order valence-electron chi connectivity index (χ4n) is 1.98. The maximum Gasteiger partial charge on any atom is 0.275 e. The van der Waals surface area contributed by atoms with Crippen molar-refractivity contribution in [3.63, 3.8) is 0 Å². The van der Waals surface area contributed by atoms with E-state index in [1.165, 1.54) is 39.4 Å². The molecule has 0 saturated heterocycles. The average molecular weight is 286 g/mol. The first-order valence-electron chi connectivity index (χ1n) is 6.64. The van der Waals surface area contributed by atoms with E-state index in [0.29, 0.717) is 18.3 Å². The summed E-state index contributed by atoms with van der Waals surface area (Å²) in [5.41, 5.74) is 0. The summed E-state index contributed by atoms with van der Waals surface area (Å²) in [7, 11) is -0.478. The van der Waals surface area contributed by atoms with Gasteiger partial charge in [-0.3, -0.25) is 0 Å². The number of nitrogens with zero attached hydrogens (tertiary/aromatic N) is 1. The van der Waals surface area contributed by atoms with Gasteiger partial charge in [-0.2, -0.15) is 0 Å². The number of sulfonamides is 1. The van der Waals surface area contributed by atoms with Crippen molar-refractivity contribution in [1.29, 1.82) is 0 Å².